The van der Waals surface area contributed by atoms with Gasteiger partial charge in [-0.25, -0.2) is 4.79 Å². The lowest BCUT2D eigenvalue weighted by Crippen LogP contribution is -2.14. The summed E-state index contributed by atoms with van der Waals surface area (Å²) in [5.74, 6) is -1.42. The first-order valence-corrected chi connectivity index (χ1v) is 8.04. The molecular formula is C19H17F2NO5. The number of hydrogen-bond donors (Lipinski definition) is 1. The molecule has 0 atom stereocenters. The van der Waals surface area contributed by atoms with Crippen LogP contribution in [0, 0.1) is 0 Å². The molecule has 0 bridgehead atoms. The number of hydrogen-bond acceptors (Lipinski definition) is 5. The zero-order valence-electron chi connectivity index (χ0n) is 14.4. The smallest absolute Gasteiger partial charge is 0.387 e. The maximum Gasteiger partial charge on any atom is 0.387 e. The van der Waals surface area contributed by atoms with Crippen LogP contribution >= 0.6 is 0 Å². The lowest BCUT2D eigenvalue weighted by molar-refractivity contribution is -0.115. The summed E-state index contributed by atoms with van der Waals surface area (Å²) in [7, 11) is 0. The minimum Gasteiger partial charge on any atom is -0.454 e. The quantitative estimate of drug-likeness (QED) is 0.561. The molecule has 0 aromatic heterocycles. The summed E-state index contributed by atoms with van der Waals surface area (Å²) >= 11 is 0. The number of amides is 1. The Morgan fingerprint density at radius 2 is 1.56 bits per heavy atom. The van der Waals surface area contributed by atoms with E-state index >= 15 is 0 Å². The first-order valence-electron chi connectivity index (χ1n) is 8.04. The monoisotopic (exact) mass is 377 g/mol. The number of rotatable bonds is 8. The Morgan fingerprint density at radius 1 is 0.963 bits per heavy atom. The average Bonchev–Trinajstić information content (AvgIpc) is 2.66. The molecule has 0 aliphatic heterocycles. The molecule has 8 heteroatoms. The van der Waals surface area contributed by atoms with Gasteiger partial charge in [0, 0.05) is 17.7 Å². The first-order chi connectivity index (χ1) is 12.9. The van der Waals surface area contributed by atoms with Crippen molar-refractivity contribution < 1.29 is 32.6 Å². The molecule has 2 aromatic rings. The van der Waals surface area contributed by atoms with Crippen LogP contribution in [0.2, 0.25) is 0 Å². The van der Waals surface area contributed by atoms with E-state index in [-0.39, 0.29) is 17.2 Å². The SMILES string of the molecule is CCC(=O)Nc1ccc(C(=O)COC(=O)c2ccc(OC(F)F)cc2)cc1. The fourth-order valence-electron chi connectivity index (χ4n) is 2.06. The van der Waals surface area contributed by atoms with Gasteiger partial charge in [-0.15, -0.1) is 0 Å². The summed E-state index contributed by atoms with van der Waals surface area (Å²) in [4.78, 5) is 35.3. The molecule has 0 unspecified atom stereocenters. The third kappa shape index (κ3) is 6.18. The molecule has 0 aliphatic carbocycles. The van der Waals surface area contributed by atoms with Gasteiger partial charge < -0.3 is 14.8 Å². The van der Waals surface area contributed by atoms with Crippen LogP contribution in [0.4, 0.5) is 14.5 Å². The van der Waals surface area contributed by atoms with Gasteiger partial charge in [0.2, 0.25) is 5.91 Å². The lowest BCUT2D eigenvalue weighted by Gasteiger charge is -2.07. The third-order valence-electron chi connectivity index (χ3n) is 3.46. The van der Waals surface area contributed by atoms with E-state index in [9.17, 15) is 23.2 Å². The number of halogens is 2. The van der Waals surface area contributed by atoms with Crippen molar-refractivity contribution in [2.24, 2.45) is 0 Å². The van der Waals surface area contributed by atoms with Gasteiger partial charge in [-0.2, -0.15) is 8.78 Å². The van der Waals surface area contributed by atoms with Crippen molar-refractivity contribution in [3.8, 4) is 5.75 Å². The highest BCUT2D eigenvalue weighted by molar-refractivity contribution is 6.00. The molecule has 0 fully saturated rings. The van der Waals surface area contributed by atoms with Crippen LogP contribution in [-0.4, -0.2) is 30.9 Å². The van der Waals surface area contributed by atoms with Crippen LogP contribution in [0.15, 0.2) is 48.5 Å². The second-order valence-electron chi connectivity index (χ2n) is 5.38. The highest BCUT2D eigenvalue weighted by Crippen LogP contribution is 2.16. The van der Waals surface area contributed by atoms with Gasteiger partial charge in [0.25, 0.3) is 0 Å². The fourth-order valence-corrected chi connectivity index (χ4v) is 2.06. The summed E-state index contributed by atoms with van der Waals surface area (Å²) in [5, 5.41) is 2.65. The number of esters is 1. The van der Waals surface area contributed by atoms with Crippen molar-refractivity contribution in [3.63, 3.8) is 0 Å². The first kappa shape index (κ1) is 20.0. The molecule has 27 heavy (non-hydrogen) atoms. The van der Waals surface area contributed by atoms with Gasteiger partial charge >= 0.3 is 12.6 Å². The van der Waals surface area contributed by atoms with Crippen LogP contribution in [0.25, 0.3) is 0 Å². The maximum absolute atomic E-state index is 12.1. The topological polar surface area (TPSA) is 81.7 Å². The molecule has 0 aliphatic rings. The Hall–Kier alpha value is -3.29. The highest BCUT2D eigenvalue weighted by atomic mass is 19.3. The summed E-state index contributed by atoms with van der Waals surface area (Å²) in [6.45, 7) is -1.71. The summed E-state index contributed by atoms with van der Waals surface area (Å²) < 4.78 is 33.3. The number of nitrogens with one attached hydrogen (secondary N) is 1. The standard InChI is InChI=1S/C19H17F2NO5/c1-2-17(24)22-14-7-3-12(4-8-14)16(23)11-26-18(25)13-5-9-15(10-6-13)27-19(20)21/h3-10,19H,2,11H2,1H3,(H,22,24). The van der Waals surface area contributed by atoms with Crippen LogP contribution in [0.3, 0.4) is 0 Å². The molecule has 1 amide bonds. The average molecular weight is 377 g/mol. The zero-order chi connectivity index (χ0) is 19.8. The summed E-state index contributed by atoms with van der Waals surface area (Å²) in [5.41, 5.74) is 0.974. The maximum atomic E-state index is 12.1. The minimum atomic E-state index is -2.96. The van der Waals surface area contributed by atoms with E-state index in [0.717, 1.165) is 0 Å². The van der Waals surface area contributed by atoms with E-state index in [0.29, 0.717) is 17.7 Å². The van der Waals surface area contributed by atoms with Crippen molar-refractivity contribution in [2.75, 3.05) is 11.9 Å². The Bertz CT molecular complexity index is 804. The molecule has 1 N–H and O–H groups in total. The predicted molar refractivity (Wildman–Crippen MR) is 93.0 cm³/mol. The van der Waals surface area contributed by atoms with Crippen LogP contribution in [0.1, 0.15) is 34.1 Å². The van der Waals surface area contributed by atoms with Crippen LogP contribution < -0.4 is 10.1 Å². The molecule has 0 radical (unpaired) electrons. The number of carbonyl (C=O) groups excluding carboxylic acids is 3. The minimum absolute atomic E-state index is 0.0899. The fraction of sp³-hybridized carbons (Fsp3) is 0.211. The van der Waals surface area contributed by atoms with E-state index < -0.39 is 25.0 Å². The molecule has 0 heterocycles. The Balaban J connectivity index is 1.89. The van der Waals surface area contributed by atoms with E-state index in [1.54, 1.807) is 19.1 Å². The molecule has 142 valence electrons. The van der Waals surface area contributed by atoms with Crippen molar-refractivity contribution in [1.29, 1.82) is 0 Å². The number of alkyl halides is 2. The van der Waals surface area contributed by atoms with Crippen molar-refractivity contribution in [2.45, 2.75) is 20.0 Å². The summed E-state index contributed by atoms with van der Waals surface area (Å²) in [6, 6.07) is 11.1. The molecule has 6 nitrogen and oxygen atoms in total. The van der Waals surface area contributed by atoms with Gasteiger partial charge in [-0.3, -0.25) is 9.59 Å². The van der Waals surface area contributed by atoms with E-state index in [1.807, 2.05) is 0 Å². The molecule has 0 saturated heterocycles. The predicted octanol–water partition coefficient (Wildman–Crippen LogP) is 3.68. The number of ether oxygens (including phenoxy) is 2. The van der Waals surface area contributed by atoms with Crippen molar-refractivity contribution in [1.82, 2.24) is 0 Å². The summed E-state index contributed by atoms with van der Waals surface area (Å²) in [6.07, 6.45) is 0.339. The largest absolute Gasteiger partial charge is 0.454 e. The number of carbonyl (C=O) groups is 3. The van der Waals surface area contributed by atoms with Gasteiger partial charge in [0.1, 0.15) is 5.75 Å². The molecule has 2 rings (SSSR count). The van der Waals surface area contributed by atoms with Gasteiger partial charge in [-0.05, 0) is 48.5 Å². The van der Waals surface area contributed by atoms with Crippen LogP contribution in [0.5, 0.6) is 5.75 Å². The number of anilines is 1. The highest BCUT2D eigenvalue weighted by Gasteiger charge is 2.13. The molecule has 2 aromatic carbocycles. The van der Waals surface area contributed by atoms with E-state index in [4.69, 9.17) is 4.74 Å². The van der Waals surface area contributed by atoms with Crippen LogP contribution in [-0.2, 0) is 9.53 Å². The molecule has 0 saturated carbocycles. The number of benzene rings is 2. The van der Waals surface area contributed by atoms with Gasteiger partial charge in [0.15, 0.2) is 12.4 Å². The molecular weight excluding hydrogens is 360 g/mol. The number of Topliss-reactive ketones (excluding diaryl/α,β-unsaturated/α-hetero) is 1. The van der Waals surface area contributed by atoms with Gasteiger partial charge in [0.05, 0.1) is 5.56 Å². The normalized spacial score (nSPS) is 10.4. The second-order valence-corrected chi connectivity index (χ2v) is 5.38. The second kappa shape index (κ2) is 9.42. The van der Waals surface area contributed by atoms with E-state index in [1.165, 1.54) is 36.4 Å². The third-order valence-corrected chi connectivity index (χ3v) is 3.46. The Labute approximate surface area is 154 Å². The van der Waals surface area contributed by atoms with Crippen molar-refractivity contribution >= 4 is 23.3 Å². The van der Waals surface area contributed by atoms with Crippen molar-refractivity contribution in [3.05, 3.63) is 59.7 Å². The lowest BCUT2D eigenvalue weighted by atomic mass is 10.1. The van der Waals surface area contributed by atoms with Gasteiger partial charge in [-0.1, -0.05) is 6.92 Å². The van der Waals surface area contributed by atoms with E-state index in [2.05, 4.69) is 10.1 Å². The Morgan fingerprint density at radius 3 is 2.11 bits per heavy atom. The zero-order valence-corrected chi connectivity index (χ0v) is 14.4. The molecule has 0 spiro atoms. The number of ketones is 1. The Kier molecular flexibility index (Phi) is 6.99.